The second kappa shape index (κ2) is 6.39. The molecule has 0 unspecified atom stereocenters. The van der Waals surface area contributed by atoms with E-state index >= 15 is 0 Å². The molecule has 2 N–H and O–H groups in total. The van der Waals surface area contributed by atoms with E-state index in [1.807, 2.05) is 50.5 Å². The molecule has 0 aliphatic rings. The van der Waals surface area contributed by atoms with Gasteiger partial charge in [-0.25, -0.2) is 4.98 Å². The van der Waals surface area contributed by atoms with Crippen molar-refractivity contribution < 1.29 is 4.74 Å². The average Bonchev–Trinajstić information content (AvgIpc) is 2.47. The number of hydrogen-bond donors (Lipinski definition) is 1. The van der Waals surface area contributed by atoms with Crippen LogP contribution < -0.4 is 15.4 Å². The Labute approximate surface area is 120 Å². The first kappa shape index (κ1) is 14.3. The molecule has 20 heavy (non-hydrogen) atoms. The lowest BCUT2D eigenvalue weighted by atomic mass is 10.1. The first-order chi connectivity index (χ1) is 9.60. The summed E-state index contributed by atoms with van der Waals surface area (Å²) in [5.74, 6) is 1.80. The van der Waals surface area contributed by atoms with Crippen LogP contribution in [-0.4, -0.2) is 19.1 Å². The molecule has 0 aliphatic carbocycles. The quantitative estimate of drug-likeness (QED) is 0.908. The van der Waals surface area contributed by atoms with Crippen molar-refractivity contribution in [1.82, 2.24) is 4.98 Å². The van der Waals surface area contributed by atoms with E-state index in [-0.39, 0.29) is 6.04 Å². The van der Waals surface area contributed by atoms with Gasteiger partial charge in [0, 0.05) is 25.8 Å². The van der Waals surface area contributed by atoms with Gasteiger partial charge in [-0.15, -0.1) is 0 Å². The van der Waals surface area contributed by atoms with Crippen molar-refractivity contribution in [2.24, 2.45) is 5.73 Å². The number of methoxy groups -OCH3 is 1. The number of aromatic nitrogens is 1. The largest absolute Gasteiger partial charge is 0.497 e. The zero-order valence-corrected chi connectivity index (χ0v) is 12.2. The molecule has 1 atom stereocenters. The van der Waals surface area contributed by atoms with E-state index in [0.29, 0.717) is 0 Å². The normalized spacial score (nSPS) is 12.0. The lowest BCUT2D eigenvalue weighted by Crippen LogP contribution is -2.18. The summed E-state index contributed by atoms with van der Waals surface area (Å²) >= 11 is 0. The fourth-order valence-electron chi connectivity index (χ4n) is 2.02. The number of hydrogen-bond acceptors (Lipinski definition) is 4. The molecule has 0 spiro atoms. The lowest BCUT2D eigenvalue weighted by molar-refractivity contribution is 0.414. The Kier molecular flexibility index (Phi) is 4.58. The number of ether oxygens (including phenoxy) is 1. The van der Waals surface area contributed by atoms with Gasteiger partial charge in [-0.05, 0) is 36.2 Å². The molecule has 0 radical (unpaired) electrons. The summed E-state index contributed by atoms with van der Waals surface area (Å²) in [6.07, 6.45) is 1.84. The SMILES string of the molecule is COc1cccc(CN(C)c2ccc([C@@H](C)N)cn2)c1. The second-order valence-corrected chi connectivity index (χ2v) is 4.95. The van der Waals surface area contributed by atoms with Crippen LogP contribution in [0.4, 0.5) is 5.82 Å². The molecule has 1 aromatic carbocycles. The van der Waals surface area contributed by atoms with Crippen molar-refractivity contribution in [1.29, 1.82) is 0 Å². The first-order valence-electron chi connectivity index (χ1n) is 6.65. The van der Waals surface area contributed by atoms with Crippen molar-refractivity contribution in [3.63, 3.8) is 0 Å². The number of rotatable bonds is 5. The highest BCUT2D eigenvalue weighted by molar-refractivity contribution is 5.40. The third-order valence-corrected chi connectivity index (χ3v) is 3.24. The van der Waals surface area contributed by atoms with Gasteiger partial charge >= 0.3 is 0 Å². The predicted octanol–water partition coefficient (Wildman–Crippen LogP) is 2.75. The minimum absolute atomic E-state index is 0.0141. The minimum Gasteiger partial charge on any atom is -0.497 e. The summed E-state index contributed by atoms with van der Waals surface area (Å²) in [6.45, 7) is 2.73. The number of benzene rings is 1. The molecule has 106 valence electrons. The summed E-state index contributed by atoms with van der Waals surface area (Å²) in [5.41, 5.74) is 8.06. The molecule has 0 amide bonds. The Bertz CT molecular complexity index is 552. The monoisotopic (exact) mass is 271 g/mol. The molecular formula is C16H21N3O. The Morgan fingerprint density at radius 1 is 1.30 bits per heavy atom. The van der Waals surface area contributed by atoms with Crippen LogP contribution in [0.2, 0.25) is 0 Å². The molecule has 0 saturated carbocycles. The summed E-state index contributed by atoms with van der Waals surface area (Å²) in [4.78, 5) is 6.55. The Balaban J connectivity index is 2.08. The number of nitrogens with two attached hydrogens (primary N) is 1. The summed E-state index contributed by atoms with van der Waals surface area (Å²) in [5, 5.41) is 0. The van der Waals surface area contributed by atoms with E-state index in [2.05, 4.69) is 16.0 Å². The number of anilines is 1. The molecule has 4 nitrogen and oxygen atoms in total. The molecule has 0 fully saturated rings. The minimum atomic E-state index is 0.0141. The van der Waals surface area contributed by atoms with Crippen molar-refractivity contribution in [2.45, 2.75) is 19.5 Å². The first-order valence-corrected chi connectivity index (χ1v) is 6.65. The molecule has 0 aliphatic heterocycles. The van der Waals surface area contributed by atoms with E-state index in [0.717, 1.165) is 23.7 Å². The second-order valence-electron chi connectivity index (χ2n) is 4.95. The van der Waals surface area contributed by atoms with E-state index in [9.17, 15) is 0 Å². The van der Waals surface area contributed by atoms with Crippen molar-refractivity contribution in [3.05, 3.63) is 53.7 Å². The van der Waals surface area contributed by atoms with Crippen LogP contribution >= 0.6 is 0 Å². The van der Waals surface area contributed by atoms with Crippen molar-refractivity contribution in [3.8, 4) is 5.75 Å². The smallest absolute Gasteiger partial charge is 0.128 e. The highest BCUT2D eigenvalue weighted by Gasteiger charge is 2.06. The molecule has 1 aromatic heterocycles. The van der Waals surface area contributed by atoms with Gasteiger partial charge < -0.3 is 15.4 Å². The third kappa shape index (κ3) is 3.48. The standard InChI is InChI=1S/C16H21N3O/c1-12(17)14-7-8-16(18-10-14)19(2)11-13-5-4-6-15(9-13)20-3/h4-10,12H,11,17H2,1-3H3/t12-/m1/s1. The van der Waals surface area contributed by atoms with Crippen LogP contribution in [0.25, 0.3) is 0 Å². The van der Waals surface area contributed by atoms with E-state index in [4.69, 9.17) is 10.5 Å². The molecule has 2 aromatic rings. The Hall–Kier alpha value is -2.07. The number of nitrogens with zero attached hydrogens (tertiary/aromatic N) is 2. The highest BCUT2D eigenvalue weighted by Crippen LogP contribution is 2.18. The fraction of sp³-hybridized carbons (Fsp3) is 0.312. The Morgan fingerprint density at radius 3 is 2.70 bits per heavy atom. The molecule has 0 bridgehead atoms. The van der Waals surface area contributed by atoms with Gasteiger partial charge in [-0.1, -0.05) is 18.2 Å². The van der Waals surface area contributed by atoms with Crippen LogP contribution in [-0.2, 0) is 6.54 Å². The summed E-state index contributed by atoms with van der Waals surface area (Å²) < 4.78 is 5.24. The fourth-order valence-corrected chi connectivity index (χ4v) is 2.02. The maximum absolute atomic E-state index is 5.83. The van der Waals surface area contributed by atoms with Gasteiger partial charge in [0.1, 0.15) is 11.6 Å². The maximum atomic E-state index is 5.83. The van der Waals surface area contributed by atoms with Gasteiger partial charge in [0.2, 0.25) is 0 Å². The zero-order chi connectivity index (χ0) is 14.5. The zero-order valence-electron chi connectivity index (χ0n) is 12.2. The lowest BCUT2D eigenvalue weighted by Gasteiger charge is -2.19. The molecule has 2 rings (SSSR count). The number of pyridine rings is 1. The van der Waals surface area contributed by atoms with Crippen molar-refractivity contribution in [2.75, 3.05) is 19.1 Å². The van der Waals surface area contributed by atoms with Gasteiger partial charge in [-0.3, -0.25) is 0 Å². The molecule has 1 heterocycles. The van der Waals surface area contributed by atoms with Gasteiger partial charge in [-0.2, -0.15) is 0 Å². The molecule has 0 saturated heterocycles. The van der Waals surface area contributed by atoms with Crippen LogP contribution in [0, 0.1) is 0 Å². The average molecular weight is 271 g/mol. The van der Waals surface area contributed by atoms with Crippen LogP contribution in [0.15, 0.2) is 42.6 Å². The van der Waals surface area contributed by atoms with E-state index < -0.39 is 0 Å². The summed E-state index contributed by atoms with van der Waals surface area (Å²) in [7, 11) is 3.70. The van der Waals surface area contributed by atoms with Crippen LogP contribution in [0.3, 0.4) is 0 Å². The van der Waals surface area contributed by atoms with Gasteiger partial charge in [0.05, 0.1) is 7.11 Å². The Morgan fingerprint density at radius 2 is 2.10 bits per heavy atom. The van der Waals surface area contributed by atoms with Gasteiger partial charge in [0.15, 0.2) is 0 Å². The molecule has 4 heteroatoms. The van der Waals surface area contributed by atoms with Crippen LogP contribution in [0.1, 0.15) is 24.1 Å². The van der Waals surface area contributed by atoms with Crippen molar-refractivity contribution >= 4 is 5.82 Å². The predicted molar refractivity (Wildman–Crippen MR) is 81.9 cm³/mol. The highest BCUT2D eigenvalue weighted by atomic mass is 16.5. The molecular weight excluding hydrogens is 250 g/mol. The van der Waals surface area contributed by atoms with E-state index in [1.54, 1.807) is 7.11 Å². The van der Waals surface area contributed by atoms with Crippen LogP contribution in [0.5, 0.6) is 5.75 Å². The topological polar surface area (TPSA) is 51.4 Å². The van der Waals surface area contributed by atoms with E-state index in [1.165, 1.54) is 5.56 Å². The summed E-state index contributed by atoms with van der Waals surface area (Å²) in [6, 6.07) is 12.1. The maximum Gasteiger partial charge on any atom is 0.128 e. The third-order valence-electron chi connectivity index (χ3n) is 3.24. The van der Waals surface area contributed by atoms with Gasteiger partial charge in [0.25, 0.3) is 0 Å².